The number of halogens is 1. The van der Waals surface area contributed by atoms with Gasteiger partial charge in [-0.05, 0) is 38.3 Å². The van der Waals surface area contributed by atoms with Crippen molar-refractivity contribution in [2.45, 2.75) is 26.2 Å². The SMILES string of the molecule is Cc1oc2ncnc(N3CCCCC3)c2c1C(=O)Nc1cccnc1Cl. The number of anilines is 2. The summed E-state index contributed by atoms with van der Waals surface area (Å²) in [5.74, 6) is 0.925. The first-order chi connectivity index (χ1) is 12.6. The lowest BCUT2D eigenvalue weighted by molar-refractivity contribution is 0.102. The lowest BCUT2D eigenvalue weighted by Crippen LogP contribution is -2.30. The standard InChI is InChI=1S/C18H18ClN5O2/c1-11-13(17(25)23-12-6-5-7-20-15(12)19)14-16(21-10-22-18(14)26-11)24-8-3-2-4-9-24/h5-7,10H,2-4,8-9H2,1H3,(H,23,25). The van der Waals surface area contributed by atoms with Gasteiger partial charge >= 0.3 is 0 Å². The van der Waals surface area contributed by atoms with Crippen molar-refractivity contribution in [1.29, 1.82) is 0 Å². The molecule has 4 heterocycles. The number of carbonyl (C=O) groups excluding carboxylic acids is 1. The lowest BCUT2D eigenvalue weighted by atomic mass is 10.1. The molecule has 3 aromatic rings. The first-order valence-electron chi connectivity index (χ1n) is 8.56. The molecule has 3 aromatic heterocycles. The van der Waals surface area contributed by atoms with Crippen LogP contribution in [-0.2, 0) is 0 Å². The van der Waals surface area contributed by atoms with Gasteiger partial charge in [-0.2, -0.15) is 0 Å². The number of carbonyl (C=O) groups is 1. The van der Waals surface area contributed by atoms with Gasteiger partial charge in [0.2, 0.25) is 5.71 Å². The Balaban J connectivity index is 1.78. The molecule has 1 aliphatic heterocycles. The van der Waals surface area contributed by atoms with Crippen molar-refractivity contribution in [3.05, 3.63) is 41.1 Å². The number of rotatable bonds is 3. The van der Waals surface area contributed by atoms with Gasteiger partial charge in [0.15, 0.2) is 5.15 Å². The monoisotopic (exact) mass is 371 g/mol. The summed E-state index contributed by atoms with van der Waals surface area (Å²) in [6.45, 7) is 3.57. The molecule has 0 aliphatic carbocycles. The second-order valence-electron chi connectivity index (χ2n) is 6.25. The summed E-state index contributed by atoms with van der Waals surface area (Å²) in [7, 11) is 0. The largest absolute Gasteiger partial charge is 0.442 e. The summed E-state index contributed by atoms with van der Waals surface area (Å²) < 4.78 is 5.73. The van der Waals surface area contributed by atoms with Crippen LogP contribution in [0.15, 0.2) is 29.1 Å². The molecule has 1 saturated heterocycles. The van der Waals surface area contributed by atoms with Crippen LogP contribution < -0.4 is 10.2 Å². The van der Waals surface area contributed by atoms with Crippen LogP contribution in [0.2, 0.25) is 5.15 Å². The van der Waals surface area contributed by atoms with Crippen LogP contribution in [0.3, 0.4) is 0 Å². The average molecular weight is 372 g/mol. The van der Waals surface area contributed by atoms with Gasteiger partial charge in [-0.3, -0.25) is 4.79 Å². The van der Waals surface area contributed by atoms with E-state index in [1.54, 1.807) is 25.3 Å². The topological polar surface area (TPSA) is 84.2 Å². The Morgan fingerprint density at radius 3 is 2.81 bits per heavy atom. The molecule has 0 radical (unpaired) electrons. The van der Waals surface area contributed by atoms with Crippen LogP contribution in [-0.4, -0.2) is 33.9 Å². The van der Waals surface area contributed by atoms with E-state index in [2.05, 4.69) is 25.2 Å². The zero-order valence-electron chi connectivity index (χ0n) is 14.3. The molecular formula is C18H18ClN5O2. The summed E-state index contributed by atoms with van der Waals surface area (Å²) in [5.41, 5.74) is 1.30. The summed E-state index contributed by atoms with van der Waals surface area (Å²) in [6.07, 6.45) is 6.47. The normalized spacial score (nSPS) is 14.6. The molecule has 0 unspecified atom stereocenters. The van der Waals surface area contributed by atoms with E-state index >= 15 is 0 Å². The predicted molar refractivity (Wildman–Crippen MR) is 99.8 cm³/mol. The van der Waals surface area contributed by atoms with Gasteiger partial charge in [0, 0.05) is 19.3 Å². The Morgan fingerprint density at radius 1 is 1.23 bits per heavy atom. The predicted octanol–water partition coefficient (Wildman–Crippen LogP) is 3.82. The highest BCUT2D eigenvalue weighted by Gasteiger charge is 2.26. The van der Waals surface area contributed by atoms with Gasteiger partial charge in [-0.15, -0.1) is 0 Å². The maximum atomic E-state index is 13.0. The smallest absolute Gasteiger partial charge is 0.260 e. The Labute approximate surface area is 155 Å². The molecule has 0 bridgehead atoms. The number of furan rings is 1. The van der Waals surface area contributed by atoms with Crippen LogP contribution in [0.25, 0.3) is 11.1 Å². The maximum absolute atomic E-state index is 13.0. The fourth-order valence-electron chi connectivity index (χ4n) is 3.31. The minimum Gasteiger partial charge on any atom is -0.442 e. The van der Waals surface area contributed by atoms with Gasteiger partial charge in [0.1, 0.15) is 17.9 Å². The molecule has 1 amide bonds. The first-order valence-corrected chi connectivity index (χ1v) is 8.94. The summed E-state index contributed by atoms with van der Waals surface area (Å²) in [6, 6.07) is 3.41. The molecule has 0 saturated carbocycles. The lowest BCUT2D eigenvalue weighted by Gasteiger charge is -2.28. The molecule has 0 atom stereocenters. The number of aromatic nitrogens is 3. The van der Waals surface area contributed by atoms with Gasteiger partial charge in [-0.1, -0.05) is 11.6 Å². The maximum Gasteiger partial charge on any atom is 0.260 e. The third kappa shape index (κ3) is 2.99. The van der Waals surface area contributed by atoms with E-state index in [4.69, 9.17) is 16.0 Å². The van der Waals surface area contributed by atoms with Crippen molar-refractivity contribution < 1.29 is 9.21 Å². The van der Waals surface area contributed by atoms with E-state index in [9.17, 15) is 4.79 Å². The molecule has 1 N–H and O–H groups in total. The number of fused-ring (bicyclic) bond motifs is 1. The second kappa shape index (κ2) is 6.92. The van der Waals surface area contributed by atoms with Crippen LogP contribution in [0.4, 0.5) is 11.5 Å². The first kappa shape index (κ1) is 16.8. The molecule has 0 aromatic carbocycles. The second-order valence-corrected chi connectivity index (χ2v) is 6.61. The highest BCUT2D eigenvalue weighted by atomic mass is 35.5. The van der Waals surface area contributed by atoms with Crippen LogP contribution in [0, 0.1) is 6.92 Å². The molecule has 1 fully saturated rings. The van der Waals surface area contributed by atoms with E-state index in [-0.39, 0.29) is 11.1 Å². The van der Waals surface area contributed by atoms with Crippen molar-refractivity contribution in [2.75, 3.05) is 23.3 Å². The Bertz CT molecular complexity index is 965. The number of pyridine rings is 1. The molecular weight excluding hydrogens is 354 g/mol. The molecule has 1 aliphatic rings. The zero-order chi connectivity index (χ0) is 18.1. The number of nitrogens with one attached hydrogen (secondary N) is 1. The number of aryl methyl sites for hydroxylation is 1. The quantitative estimate of drug-likeness (QED) is 0.704. The Morgan fingerprint density at radius 2 is 2.04 bits per heavy atom. The van der Waals surface area contributed by atoms with Crippen molar-refractivity contribution >= 4 is 40.1 Å². The van der Waals surface area contributed by atoms with Crippen LogP contribution in [0.1, 0.15) is 35.4 Å². The van der Waals surface area contributed by atoms with Crippen molar-refractivity contribution in [3.63, 3.8) is 0 Å². The van der Waals surface area contributed by atoms with E-state index in [1.807, 2.05) is 0 Å². The Hall–Kier alpha value is -2.67. The number of piperidine rings is 1. The molecule has 134 valence electrons. The van der Waals surface area contributed by atoms with Gasteiger partial charge < -0.3 is 14.6 Å². The van der Waals surface area contributed by atoms with E-state index < -0.39 is 0 Å². The fourth-order valence-corrected chi connectivity index (χ4v) is 3.48. The van der Waals surface area contributed by atoms with E-state index in [1.165, 1.54) is 12.7 Å². The molecule has 7 nitrogen and oxygen atoms in total. The number of amides is 1. The highest BCUT2D eigenvalue weighted by Crippen LogP contribution is 2.33. The zero-order valence-corrected chi connectivity index (χ0v) is 15.1. The third-order valence-corrected chi connectivity index (χ3v) is 4.84. The fraction of sp³-hybridized carbons (Fsp3) is 0.333. The number of nitrogens with zero attached hydrogens (tertiary/aromatic N) is 4. The van der Waals surface area contributed by atoms with Crippen molar-refractivity contribution in [3.8, 4) is 0 Å². The highest BCUT2D eigenvalue weighted by molar-refractivity contribution is 6.32. The summed E-state index contributed by atoms with van der Waals surface area (Å²) >= 11 is 6.06. The third-order valence-electron chi connectivity index (χ3n) is 4.53. The number of hydrogen-bond donors (Lipinski definition) is 1. The Kier molecular flexibility index (Phi) is 4.46. The minimum atomic E-state index is -0.316. The molecule has 26 heavy (non-hydrogen) atoms. The number of hydrogen-bond acceptors (Lipinski definition) is 6. The van der Waals surface area contributed by atoms with Crippen LogP contribution >= 0.6 is 11.6 Å². The minimum absolute atomic E-state index is 0.235. The van der Waals surface area contributed by atoms with E-state index in [0.717, 1.165) is 31.7 Å². The van der Waals surface area contributed by atoms with E-state index in [0.29, 0.717) is 28.1 Å². The van der Waals surface area contributed by atoms with Crippen LogP contribution in [0.5, 0.6) is 0 Å². The summed E-state index contributed by atoms with van der Waals surface area (Å²) in [4.78, 5) is 27.8. The van der Waals surface area contributed by atoms with Crippen molar-refractivity contribution in [1.82, 2.24) is 15.0 Å². The van der Waals surface area contributed by atoms with Crippen molar-refractivity contribution in [2.24, 2.45) is 0 Å². The molecule has 4 rings (SSSR count). The summed E-state index contributed by atoms with van der Waals surface area (Å²) in [5, 5.41) is 3.69. The van der Waals surface area contributed by atoms with Gasteiger partial charge in [0.25, 0.3) is 5.91 Å². The van der Waals surface area contributed by atoms with Gasteiger partial charge in [-0.25, -0.2) is 15.0 Å². The average Bonchev–Trinajstić information content (AvgIpc) is 3.00. The molecule has 8 heteroatoms. The van der Waals surface area contributed by atoms with Gasteiger partial charge in [0.05, 0.1) is 16.6 Å². The molecule has 0 spiro atoms.